The summed E-state index contributed by atoms with van der Waals surface area (Å²) in [6.07, 6.45) is 1.54. The molecule has 3 nitrogen and oxygen atoms in total. The second-order valence-electron chi connectivity index (χ2n) is 2.87. The average Bonchev–Trinajstić information content (AvgIpc) is 2.07. The van der Waals surface area contributed by atoms with Gasteiger partial charge in [0.05, 0.1) is 5.75 Å². The van der Waals surface area contributed by atoms with Crippen LogP contribution < -0.4 is 5.56 Å². The van der Waals surface area contributed by atoms with E-state index in [0.717, 1.165) is 11.6 Å². The third kappa shape index (κ3) is 3.52. The lowest BCUT2D eigenvalue weighted by Gasteiger charge is -2.03. The first kappa shape index (κ1) is 10.8. The number of H-pyrrole nitrogens is 1. The minimum Gasteiger partial charge on any atom is -0.309 e. The van der Waals surface area contributed by atoms with Gasteiger partial charge in [0.15, 0.2) is 0 Å². The standard InChI is InChI=1S/C8H11BrN2OS/c1-5(2)13-4-7-10-3-6(9)8(12)11-7/h3,5H,4H2,1-2H3,(H,10,11,12). The second-order valence-corrected chi connectivity index (χ2v) is 5.29. The Hall–Kier alpha value is -0.290. The second kappa shape index (κ2) is 4.81. The fraction of sp³-hybridized carbons (Fsp3) is 0.500. The summed E-state index contributed by atoms with van der Waals surface area (Å²) in [4.78, 5) is 17.9. The Morgan fingerprint density at radius 3 is 2.92 bits per heavy atom. The average molecular weight is 263 g/mol. The lowest BCUT2D eigenvalue weighted by Crippen LogP contribution is -2.11. The molecule has 72 valence electrons. The van der Waals surface area contributed by atoms with Crippen LogP contribution in [0.3, 0.4) is 0 Å². The minimum atomic E-state index is -0.116. The Bertz CT molecular complexity index is 337. The molecule has 0 aliphatic carbocycles. The Balaban J connectivity index is 2.69. The van der Waals surface area contributed by atoms with E-state index >= 15 is 0 Å². The van der Waals surface area contributed by atoms with Crippen LogP contribution in [0, 0.1) is 0 Å². The first-order valence-corrected chi connectivity index (χ1v) is 5.79. The Kier molecular flexibility index (Phi) is 3.99. The first-order valence-electron chi connectivity index (χ1n) is 3.95. The van der Waals surface area contributed by atoms with Gasteiger partial charge in [-0.05, 0) is 21.2 Å². The number of hydrogen-bond acceptors (Lipinski definition) is 3. The number of aromatic nitrogens is 2. The minimum absolute atomic E-state index is 0.116. The van der Waals surface area contributed by atoms with E-state index in [4.69, 9.17) is 0 Å². The molecular formula is C8H11BrN2OS. The molecule has 1 aromatic rings. The van der Waals surface area contributed by atoms with E-state index in [1.54, 1.807) is 11.8 Å². The molecule has 0 bridgehead atoms. The molecule has 0 atom stereocenters. The third-order valence-electron chi connectivity index (χ3n) is 1.36. The van der Waals surface area contributed by atoms with Crippen molar-refractivity contribution in [3.05, 3.63) is 26.8 Å². The van der Waals surface area contributed by atoms with E-state index in [0.29, 0.717) is 9.72 Å². The molecular weight excluding hydrogens is 252 g/mol. The van der Waals surface area contributed by atoms with Crippen LogP contribution in [0.2, 0.25) is 0 Å². The number of nitrogens with zero attached hydrogens (tertiary/aromatic N) is 1. The van der Waals surface area contributed by atoms with E-state index < -0.39 is 0 Å². The summed E-state index contributed by atoms with van der Waals surface area (Å²) >= 11 is 4.85. The molecule has 0 saturated carbocycles. The van der Waals surface area contributed by atoms with Gasteiger partial charge in [0.1, 0.15) is 10.3 Å². The zero-order valence-corrected chi connectivity index (χ0v) is 9.91. The van der Waals surface area contributed by atoms with Crippen LogP contribution in [-0.4, -0.2) is 15.2 Å². The topological polar surface area (TPSA) is 45.8 Å². The molecule has 1 heterocycles. The van der Waals surface area contributed by atoms with Crippen LogP contribution in [0.25, 0.3) is 0 Å². The Morgan fingerprint density at radius 1 is 1.69 bits per heavy atom. The number of thioether (sulfide) groups is 1. The molecule has 0 fully saturated rings. The fourth-order valence-electron chi connectivity index (χ4n) is 0.735. The highest BCUT2D eigenvalue weighted by molar-refractivity contribution is 9.10. The van der Waals surface area contributed by atoms with Crippen molar-refractivity contribution in [1.82, 2.24) is 9.97 Å². The maximum absolute atomic E-state index is 11.1. The molecule has 1 rings (SSSR count). The van der Waals surface area contributed by atoms with Gasteiger partial charge in [-0.3, -0.25) is 4.79 Å². The van der Waals surface area contributed by atoms with Crippen molar-refractivity contribution < 1.29 is 0 Å². The van der Waals surface area contributed by atoms with Crippen molar-refractivity contribution in [2.45, 2.75) is 24.9 Å². The summed E-state index contributed by atoms with van der Waals surface area (Å²) in [5.74, 6) is 1.48. The van der Waals surface area contributed by atoms with E-state index in [1.165, 1.54) is 6.20 Å². The van der Waals surface area contributed by atoms with Crippen molar-refractivity contribution in [3.8, 4) is 0 Å². The number of halogens is 1. The number of hydrogen-bond donors (Lipinski definition) is 1. The monoisotopic (exact) mass is 262 g/mol. The first-order chi connectivity index (χ1) is 6.09. The maximum Gasteiger partial charge on any atom is 0.265 e. The lowest BCUT2D eigenvalue weighted by atomic mass is 10.6. The van der Waals surface area contributed by atoms with E-state index in [1.807, 2.05) is 0 Å². The van der Waals surface area contributed by atoms with Crippen molar-refractivity contribution in [3.63, 3.8) is 0 Å². The molecule has 0 aliphatic heterocycles. The van der Waals surface area contributed by atoms with Gasteiger partial charge in [0.25, 0.3) is 5.56 Å². The molecule has 0 radical (unpaired) electrons. The van der Waals surface area contributed by atoms with Crippen LogP contribution in [0.5, 0.6) is 0 Å². The van der Waals surface area contributed by atoms with Crippen molar-refractivity contribution >= 4 is 27.7 Å². The van der Waals surface area contributed by atoms with Gasteiger partial charge in [-0.2, -0.15) is 11.8 Å². The summed E-state index contributed by atoms with van der Waals surface area (Å²) in [5, 5.41) is 0.550. The summed E-state index contributed by atoms with van der Waals surface area (Å²) in [6.45, 7) is 4.23. The lowest BCUT2D eigenvalue weighted by molar-refractivity contribution is 0.984. The van der Waals surface area contributed by atoms with Gasteiger partial charge in [0, 0.05) is 6.20 Å². The summed E-state index contributed by atoms with van der Waals surface area (Å²) in [5.41, 5.74) is -0.116. The molecule has 1 N–H and O–H groups in total. The SMILES string of the molecule is CC(C)SCc1ncc(Br)c(=O)[nH]1. The van der Waals surface area contributed by atoms with Gasteiger partial charge in [0.2, 0.25) is 0 Å². The van der Waals surface area contributed by atoms with Gasteiger partial charge >= 0.3 is 0 Å². The number of aromatic amines is 1. The fourth-order valence-corrected chi connectivity index (χ4v) is 1.57. The molecule has 0 spiro atoms. The normalized spacial score (nSPS) is 10.8. The van der Waals surface area contributed by atoms with E-state index in [-0.39, 0.29) is 5.56 Å². The molecule has 0 aromatic carbocycles. The van der Waals surface area contributed by atoms with Crippen molar-refractivity contribution in [2.75, 3.05) is 0 Å². The zero-order valence-electron chi connectivity index (χ0n) is 7.50. The van der Waals surface area contributed by atoms with Gasteiger partial charge in [-0.15, -0.1) is 0 Å². The predicted octanol–water partition coefficient (Wildman–Crippen LogP) is 2.17. The highest BCUT2D eigenvalue weighted by Gasteiger charge is 2.01. The Morgan fingerprint density at radius 2 is 2.38 bits per heavy atom. The molecule has 0 aliphatic rings. The van der Waals surface area contributed by atoms with Gasteiger partial charge in [-0.25, -0.2) is 4.98 Å². The Labute approximate surface area is 89.5 Å². The predicted molar refractivity (Wildman–Crippen MR) is 59.0 cm³/mol. The molecule has 0 amide bonds. The van der Waals surface area contributed by atoms with E-state index in [9.17, 15) is 4.79 Å². The van der Waals surface area contributed by atoms with Gasteiger partial charge in [-0.1, -0.05) is 13.8 Å². The van der Waals surface area contributed by atoms with Crippen molar-refractivity contribution in [1.29, 1.82) is 0 Å². The molecule has 1 aromatic heterocycles. The van der Waals surface area contributed by atoms with Crippen LogP contribution in [0.4, 0.5) is 0 Å². The number of nitrogens with one attached hydrogen (secondary N) is 1. The largest absolute Gasteiger partial charge is 0.309 e. The molecule has 5 heteroatoms. The highest BCUT2D eigenvalue weighted by Crippen LogP contribution is 2.13. The molecule has 0 unspecified atom stereocenters. The van der Waals surface area contributed by atoms with Crippen LogP contribution in [-0.2, 0) is 5.75 Å². The van der Waals surface area contributed by atoms with Crippen LogP contribution >= 0.6 is 27.7 Å². The van der Waals surface area contributed by atoms with Gasteiger partial charge < -0.3 is 4.98 Å². The summed E-state index contributed by atoms with van der Waals surface area (Å²) in [7, 11) is 0. The molecule has 0 saturated heterocycles. The smallest absolute Gasteiger partial charge is 0.265 e. The van der Waals surface area contributed by atoms with Crippen LogP contribution in [0.1, 0.15) is 19.7 Å². The highest BCUT2D eigenvalue weighted by atomic mass is 79.9. The maximum atomic E-state index is 11.1. The number of rotatable bonds is 3. The van der Waals surface area contributed by atoms with Crippen molar-refractivity contribution in [2.24, 2.45) is 0 Å². The quantitative estimate of drug-likeness (QED) is 0.909. The third-order valence-corrected chi connectivity index (χ3v) is 3.03. The zero-order chi connectivity index (χ0) is 9.84. The van der Waals surface area contributed by atoms with E-state index in [2.05, 4.69) is 39.7 Å². The van der Waals surface area contributed by atoms with Crippen LogP contribution in [0.15, 0.2) is 15.5 Å². The summed E-state index contributed by atoms with van der Waals surface area (Å²) < 4.78 is 0.478. The molecule has 13 heavy (non-hydrogen) atoms. The summed E-state index contributed by atoms with van der Waals surface area (Å²) in [6, 6.07) is 0.